The van der Waals surface area contributed by atoms with Gasteiger partial charge in [-0.2, -0.15) is 5.26 Å². The van der Waals surface area contributed by atoms with E-state index in [2.05, 4.69) is 22.7 Å². The predicted octanol–water partition coefficient (Wildman–Crippen LogP) is 1.82. The van der Waals surface area contributed by atoms with Crippen molar-refractivity contribution in [3.63, 3.8) is 0 Å². The van der Waals surface area contributed by atoms with E-state index in [1.807, 2.05) is 0 Å². The Balaban J connectivity index is 1.97. The highest BCUT2D eigenvalue weighted by Gasteiger charge is 2.41. The van der Waals surface area contributed by atoms with Gasteiger partial charge in [0.15, 0.2) is 11.4 Å². The number of carbonyl (C=O) groups excluding carboxylic acids is 1. The van der Waals surface area contributed by atoms with Crippen LogP contribution in [0, 0.1) is 18.3 Å². The Morgan fingerprint density at radius 1 is 1.55 bits per heavy atom. The molecule has 1 aromatic carbocycles. The van der Waals surface area contributed by atoms with Crippen molar-refractivity contribution >= 4 is 21.6 Å². The standard InChI is InChI=1S/C21H24N4O5S/c1-5-8-21(3,27)17-12-30-19-16(31(28,29)24-17)11-25(4)18(19)20(26)23-15-7-6-13(2)14(9-15)10-22/h5-7,9,11,17,24,27H,1,8,12H2,2-4H3,(H,23,26)/t17-,21-/m1/s1. The van der Waals surface area contributed by atoms with Crippen molar-refractivity contribution in [2.24, 2.45) is 7.05 Å². The van der Waals surface area contributed by atoms with Crippen LogP contribution in [0.2, 0.25) is 0 Å². The van der Waals surface area contributed by atoms with E-state index in [1.165, 1.54) is 36.9 Å². The average Bonchev–Trinajstić information content (AvgIpc) is 2.97. The van der Waals surface area contributed by atoms with Crippen LogP contribution in [0.3, 0.4) is 0 Å². The van der Waals surface area contributed by atoms with Gasteiger partial charge in [0.25, 0.3) is 5.91 Å². The molecule has 0 saturated carbocycles. The van der Waals surface area contributed by atoms with E-state index in [-0.39, 0.29) is 29.4 Å². The van der Waals surface area contributed by atoms with Gasteiger partial charge in [-0.1, -0.05) is 12.1 Å². The number of anilines is 1. The Labute approximate surface area is 181 Å². The number of sulfonamides is 1. The molecule has 1 amide bonds. The molecule has 9 nitrogen and oxygen atoms in total. The Morgan fingerprint density at radius 2 is 2.26 bits per heavy atom. The molecule has 0 unspecified atom stereocenters. The number of nitrogens with zero attached hydrogens (tertiary/aromatic N) is 2. The second kappa shape index (κ2) is 8.19. The summed E-state index contributed by atoms with van der Waals surface area (Å²) in [6.07, 6.45) is 2.92. The number of aliphatic hydroxyl groups is 1. The zero-order valence-corrected chi connectivity index (χ0v) is 18.3. The summed E-state index contributed by atoms with van der Waals surface area (Å²) in [7, 11) is -2.54. The van der Waals surface area contributed by atoms with Crippen LogP contribution in [0.1, 0.15) is 35.0 Å². The molecule has 10 heteroatoms. The summed E-state index contributed by atoms with van der Waals surface area (Å²) in [4.78, 5) is 12.8. The van der Waals surface area contributed by atoms with Crippen LogP contribution in [-0.2, 0) is 17.1 Å². The van der Waals surface area contributed by atoms with E-state index in [9.17, 15) is 23.6 Å². The predicted molar refractivity (Wildman–Crippen MR) is 114 cm³/mol. The molecule has 0 saturated heterocycles. The molecule has 1 aromatic heterocycles. The highest BCUT2D eigenvalue weighted by molar-refractivity contribution is 7.89. The first kappa shape index (κ1) is 22.6. The van der Waals surface area contributed by atoms with Crippen LogP contribution >= 0.6 is 0 Å². The summed E-state index contributed by atoms with van der Waals surface area (Å²) in [6, 6.07) is 6.00. The summed E-state index contributed by atoms with van der Waals surface area (Å²) in [5.74, 6) is -0.694. The monoisotopic (exact) mass is 444 g/mol. The maximum absolute atomic E-state index is 13.0. The van der Waals surface area contributed by atoms with Crippen LogP contribution in [-0.4, -0.2) is 42.2 Å². The Bertz CT molecular complexity index is 1190. The molecule has 0 radical (unpaired) electrons. The number of carbonyl (C=O) groups is 1. The number of hydrogen-bond donors (Lipinski definition) is 3. The topological polar surface area (TPSA) is 133 Å². The maximum atomic E-state index is 13.0. The third-order valence-corrected chi connectivity index (χ3v) is 6.69. The molecule has 2 heterocycles. The first-order valence-corrected chi connectivity index (χ1v) is 11.0. The van der Waals surface area contributed by atoms with Crippen molar-refractivity contribution in [2.75, 3.05) is 11.9 Å². The number of nitrogens with one attached hydrogen (secondary N) is 2. The number of amides is 1. The molecule has 0 bridgehead atoms. The van der Waals surface area contributed by atoms with E-state index < -0.39 is 27.6 Å². The number of rotatable bonds is 5. The van der Waals surface area contributed by atoms with Crippen LogP contribution in [0.15, 0.2) is 41.9 Å². The van der Waals surface area contributed by atoms with Crippen LogP contribution < -0.4 is 14.8 Å². The molecule has 0 aliphatic carbocycles. The van der Waals surface area contributed by atoms with Crippen molar-refractivity contribution in [1.82, 2.24) is 9.29 Å². The fraction of sp³-hybridized carbons (Fsp3) is 0.333. The van der Waals surface area contributed by atoms with E-state index in [0.29, 0.717) is 11.3 Å². The molecule has 3 rings (SSSR count). The van der Waals surface area contributed by atoms with Crippen molar-refractivity contribution < 1.29 is 23.1 Å². The Kier molecular flexibility index (Phi) is 5.96. The van der Waals surface area contributed by atoms with Gasteiger partial charge in [0.1, 0.15) is 11.5 Å². The summed E-state index contributed by atoms with van der Waals surface area (Å²) < 4.78 is 35.4. The molecule has 0 fully saturated rings. The second-order valence-corrected chi connectivity index (χ2v) is 9.39. The van der Waals surface area contributed by atoms with Gasteiger partial charge in [0, 0.05) is 18.9 Å². The summed E-state index contributed by atoms with van der Waals surface area (Å²) >= 11 is 0. The zero-order valence-electron chi connectivity index (χ0n) is 17.5. The number of benzene rings is 1. The minimum Gasteiger partial charge on any atom is -0.488 e. The van der Waals surface area contributed by atoms with Gasteiger partial charge >= 0.3 is 0 Å². The van der Waals surface area contributed by atoms with E-state index in [1.54, 1.807) is 19.1 Å². The van der Waals surface area contributed by atoms with Gasteiger partial charge in [-0.05, 0) is 38.0 Å². The molecular formula is C21H24N4O5S. The molecule has 164 valence electrons. The van der Waals surface area contributed by atoms with Crippen LogP contribution in [0.25, 0.3) is 0 Å². The molecule has 1 aliphatic rings. The number of nitriles is 1. The number of aromatic nitrogens is 1. The van der Waals surface area contributed by atoms with Gasteiger partial charge in [-0.3, -0.25) is 4.79 Å². The summed E-state index contributed by atoms with van der Waals surface area (Å²) in [5.41, 5.74) is 0.149. The third-order valence-electron chi connectivity index (χ3n) is 5.22. The molecule has 0 spiro atoms. The van der Waals surface area contributed by atoms with Gasteiger partial charge in [0.05, 0.1) is 23.3 Å². The normalized spacial score (nSPS) is 19.1. The molecule has 3 N–H and O–H groups in total. The molecule has 31 heavy (non-hydrogen) atoms. The van der Waals surface area contributed by atoms with Gasteiger partial charge in [-0.25, -0.2) is 13.1 Å². The first-order chi connectivity index (χ1) is 14.5. The summed E-state index contributed by atoms with van der Waals surface area (Å²) in [6.45, 7) is 6.67. The van der Waals surface area contributed by atoms with Gasteiger partial charge in [-0.15, -0.1) is 6.58 Å². The van der Waals surface area contributed by atoms with Crippen molar-refractivity contribution in [3.05, 3.63) is 53.9 Å². The lowest BCUT2D eigenvalue weighted by Crippen LogP contribution is -2.52. The maximum Gasteiger partial charge on any atom is 0.276 e. The van der Waals surface area contributed by atoms with Crippen molar-refractivity contribution in [2.45, 2.75) is 36.8 Å². The average molecular weight is 445 g/mol. The summed E-state index contributed by atoms with van der Waals surface area (Å²) in [5, 5.41) is 22.5. The van der Waals surface area contributed by atoms with Gasteiger partial charge in [0.2, 0.25) is 10.0 Å². The number of ether oxygens (including phenoxy) is 1. The fourth-order valence-corrected chi connectivity index (χ4v) is 4.89. The molecule has 2 atom stereocenters. The highest BCUT2D eigenvalue weighted by Crippen LogP contribution is 2.34. The minimum absolute atomic E-state index is 0.00321. The largest absolute Gasteiger partial charge is 0.488 e. The molecular weight excluding hydrogens is 420 g/mol. The zero-order chi connectivity index (χ0) is 23.0. The number of fused-ring (bicyclic) bond motifs is 1. The van der Waals surface area contributed by atoms with E-state index in [4.69, 9.17) is 4.74 Å². The van der Waals surface area contributed by atoms with Crippen molar-refractivity contribution in [1.29, 1.82) is 5.26 Å². The van der Waals surface area contributed by atoms with Crippen LogP contribution in [0.4, 0.5) is 5.69 Å². The SMILES string of the molecule is C=CC[C@@](C)(O)[C@H]1COc2c(cn(C)c2C(=O)Nc2ccc(C)c(C#N)c2)S(=O)(=O)N1. The fourth-order valence-electron chi connectivity index (χ4n) is 3.37. The van der Waals surface area contributed by atoms with E-state index in [0.717, 1.165) is 5.56 Å². The smallest absolute Gasteiger partial charge is 0.276 e. The second-order valence-electron chi connectivity index (χ2n) is 7.71. The third kappa shape index (κ3) is 4.34. The lowest BCUT2D eigenvalue weighted by Gasteiger charge is -2.30. The van der Waals surface area contributed by atoms with Gasteiger partial charge < -0.3 is 19.7 Å². The highest BCUT2D eigenvalue weighted by atomic mass is 32.2. The first-order valence-electron chi connectivity index (χ1n) is 9.50. The minimum atomic E-state index is -4.07. The van der Waals surface area contributed by atoms with Crippen LogP contribution in [0.5, 0.6) is 5.75 Å². The lowest BCUT2D eigenvalue weighted by molar-refractivity contribution is 0.0143. The van der Waals surface area contributed by atoms with Crippen molar-refractivity contribution in [3.8, 4) is 11.8 Å². The molecule has 2 aromatic rings. The van der Waals surface area contributed by atoms with E-state index >= 15 is 0 Å². The Hall–Kier alpha value is -3.13. The lowest BCUT2D eigenvalue weighted by atomic mass is 9.94. The number of aryl methyl sites for hydroxylation is 2. The molecule has 1 aliphatic heterocycles. The number of hydrogen-bond acceptors (Lipinski definition) is 6. The Morgan fingerprint density at radius 3 is 2.90 bits per heavy atom. The quantitative estimate of drug-likeness (QED) is 0.603.